The van der Waals surface area contributed by atoms with E-state index in [1.807, 2.05) is 23.1 Å². The van der Waals surface area contributed by atoms with Crippen molar-refractivity contribution in [3.8, 4) is 5.75 Å². The van der Waals surface area contributed by atoms with Crippen LogP contribution in [0.3, 0.4) is 0 Å². The Bertz CT molecular complexity index is 620. The maximum Gasteiger partial charge on any atom is 0.251 e. The van der Waals surface area contributed by atoms with Gasteiger partial charge in [0.15, 0.2) is 5.96 Å². The van der Waals surface area contributed by atoms with E-state index >= 15 is 0 Å². The first-order valence-corrected chi connectivity index (χ1v) is 9.86. The molecule has 0 radical (unpaired) electrons. The molecule has 3 rings (SSSR count). The molecule has 0 amide bonds. The molecule has 0 atom stereocenters. The van der Waals surface area contributed by atoms with E-state index in [0.717, 1.165) is 43.0 Å². The number of guanidine groups is 1. The van der Waals surface area contributed by atoms with E-state index in [-0.39, 0.29) is 36.6 Å². The van der Waals surface area contributed by atoms with Gasteiger partial charge in [-0.2, -0.15) is 0 Å². The van der Waals surface area contributed by atoms with E-state index < -0.39 is 6.43 Å². The standard InChI is InChI=1S/C20H30F2N4O.HI/c1-23-20(25-16-9-11-26(12-10-16)14-19(21)22)24-13-15-5-2-3-8-18(15)27-17-6-4-7-17;/h2-3,5,8,16-17,19H,4,6-7,9-14H2,1H3,(H2,23,24,25);1H. The molecule has 2 aliphatic rings. The van der Waals surface area contributed by atoms with Gasteiger partial charge in [-0.05, 0) is 38.2 Å². The zero-order valence-corrected chi connectivity index (χ0v) is 18.7. The summed E-state index contributed by atoms with van der Waals surface area (Å²) in [6.45, 7) is 1.89. The normalized spacial score (nSPS) is 19.1. The average Bonchev–Trinajstić information content (AvgIpc) is 2.63. The number of hydrogen-bond donors (Lipinski definition) is 2. The van der Waals surface area contributed by atoms with Gasteiger partial charge in [0.05, 0.1) is 12.6 Å². The fourth-order valence-corrected chi connectivity index (χ4v) is 3.46. The Kier molecular flexibility index (Phi) is 9.70. The molecule has 1 saturated carbocycles. The lowest BCUT2D eigenvalue weighted by Crippen LogP contribution is -2.49. The molecule has 1 aromatic carbocycles. The van der Waals surface area contributed by atoms with Crippen molar-refractivity contribution < 1.29 is 13.5 Å². The first-order chi connectivity index (χ1) is 13.1. The van der Waals surface area contributed by atoms with Crippen molar-refractivity contribution in [2.75, 3.05) is 26.7 Å². The zero-order valence-electron chi connectivity index (χ0n) is 16.4. The predicted octanol–water partition coefficient (Wildman–Crippen LogP) is 3.63. The summed E-state index contributed by atoms with van der Waals surface area (Å²) in [7, 11) is 1.75. The van der Waals surface area contributed by atoms with Crippen molar-refractivity contribution in [3.63, 3.8) is 0 Å². The maximum absolute atomic E-state index is 12.5. The number of hydrogen-bond acceptors (Lipinski definition) is 3. The monoisotopic (exact) mass is 508 g/mol. The summed E-state index contributed by atoms with van der Waals surface area (Å²) in [5.74, 6) is 1.67. The molecule has 2 N–H and O–H groups in total. The van der Waals surface area contributed by atoms with Crippen molar-refractivity contribution in [2.45, 2.75) is 57.2 Å². The highest BCUT2D eigenvalue weighted by molar-refractivity contribution is 14.0. The Labute approximate surface area is 183 Å². The topological polar surface area (TPSA) is 48.9 Å². The van der Waals surface area contributed by atoms with Gasteiger partial charge in [-0.25, -0.2) is 8.78 Å². The molecule has 2 fully saturated rings. The number of nitrogens with zero attached hydrogens (tertiary/aromatic N) is 2. The number of rotatable bonds is 7. The molecule has 8 heteroatoms. The molecule has 1 heterocycles. The van der Waals surface area contributed by atoms with Gasteiger partial charge in [-0.15, -0.1) is 24.0 Å². The Morgan fingerprint density at radius 3 is 2.54 bits per heavy atom. The molecular weight excluding hydrogens is 477 g/mol. The zero-order chi connectivity index (χ0) is 19.1. The van der Waals surface area contributed by atoms with Crippen LogP contribution in [0.15, 0.2) is 29.3 Å². The third kappa shape index (κ3) is 7.02. The van der Waals surface area contributed by atoms with Gasteiger partial charge in [0, 0.05) is 38.3 Å². The second kappa shape index (κ2) is 11.7. The predicted molar refractivity (Wildman–Crippen MR) is 119 cm³/mol. The second-order valence-electron chi connectivity index (χ2n) is 7.31. The van der Waals surface area contributed by atoms with Crippen molar-refractivity contribution in [2.24, 2.45) is 4.99 Å². The van der Waals surface area contributed by atoms with Crippen LogP contribution in [0.1, 0.15) is 37.7 Å². The first kappa shape index (κ1) is 23.1. The molecule has 0 unspecified atom stereocenters. The SMILES string of the molecule is CN=C(NCc1ccccc1OC1CCC1)NC1CCN(CC(F)F)CC1.I. The van der Waals surface area contributed by atoms with E-state index in [0.29, 0.717) is 25.7 Å². The third-order valence-electron chi connectivity index (χ3n) is 5.31. The summed E-state index contributed by atoms with van der Waals surface area (Å²) >= 11 is 0. The van der Waals surface area contributed by atoms with Crippen LogP contribution in [0.2, 0.25) is 0 Å². The number of halogens is 3. The highest BCUT2D eigenvalue weighted by atomic mass is 127. The third-order valence-corrected chi connectivity index (χ3v) is 5.31. The van der Waals surface area contributed by atoms with E-state index in [1.165, 1.54) is 6.42 Å². The summed E-state index contributed by atoms with van der Waals surface area (Å²) in [5.41, 5.74) is 1.11. The molecule has 0 bridgehead atoms. The first-order valence-electron chi connectivity index (χ1n) is 9.86. The smallest absolute Gasteiger partial charge is 0.251 e. The van der Waals surface area contributed by atoms with Crippen molar-refractivity contribution in [1.29, 1.82) is 0 Å². The van der Waals surface area contributed by atoms with Gasteiger partial charge < -0.3 is 15.4 Å². The minimum Gasteiger partial charge on any atom is -0.490 e. The number of piperidine rings is 1. The number of ether oxygens (including phenoxy) is 1. The number of alkyl halides is 2. The van der Waals surface area contributed by atoms with Crippen LogP contribution >= 0.6 is 24.0 Å². The lowest BCUT2D eigenvalue weighted by molar-refractivity contribution is 0.0744. The van der Waals surface area contributed by atoms with Crippen molar-refractivity contribution in [1.82, 2.24) is 15.5 Å². The lowest BCUT2D eigenvalue weighted by Gasteiger charge is -2.32. The molecule has 0 aromatic heterocycles. The van der Waals surface area contributed by atoms with E-state index in [1.54, 1.807) is 7.05 Å². The van der Waals surface area contributed by atoms with E-state index in [4.69, 9.17) is 4.74 Å². The highest BCUT2D eigenvalue weighted by Crippen LogP contribution is 2.27. The molecule has 1 aliphatic heterocycles. The van der Waals surface area contributed by atoms with Crippen LogP contribution in [0.5, 0.6) is 5.75 Å². The maximum atomic E-state index is 12.5. The fraction of sp³-hybridized carbons (Fsp3) is 0.650. The lowest BCUT2D eigenvalue weighted by atomic mass is 9.96. The number of benzene rings is 1. The summed E-state index contributed by atoms with van der Waals surface area (Å²) < 4.78 is 31.0. The average molecular weight is 508 g/mol. The molecule has 1 saturated heterocycles. The summed E-state index contributed by atoms with van der Waals surface area (Å²) in [5, 5.41) is 6.77. The Balaban J connectivity index is 0.00000280. The Morgan fingerprint density at radius 1 is 1.21 bits per heavy atom. The fourth-order valence-electron chi connectivity index (χ4n) is 3.46. The van der Waals surface area contributed by atoms with Crippen LogP contribution in [0.4, 0.5) is 8.78 Å². The highest BCUT2D eigenvalue weighted by Gasteiger charge is 2.22. The largest absolute Gasteiger partial charge is 0.490 e. The van der Waals surface area contributed by atoms with Crippen LogP contribution < -0.4 is 15.4 Å². The molecule has 158 valence electrons. The van der Waals surface area contributed by atoms with Crippen molar-refractivity contribution >= 4 is 29.9 Å². The second-order valence-corrected chi connectivity index (χ2v) is 7.31. The minimum atomic E-state index is -2.26. The Hall–Kier alpha value is -1.16. The molecular formula is C20H31F2IN4O. The van der Waals surface area contributed by atoms with Gasteiger partial charge in [-0.3, -0.25) is 9.89 Å². The number of nitrogens with one attached hydrogen (secondary N) is 2. The molecule has 28 heavy (non-hydrogen) atoms. The molecule has 1 aliphatic carbocycles. The van der Waals surface area contributed by atoms with Gasteiger partial charge in [-0.1, -0.05) is 18.2 Å². The van der Waals surface area contributed by atoms with Crippen LogP contribution in [-0.4, -0.2) is 56.1 Å². The van der Waals surface area contributed by atoms with Gasteiger partial charge in [0.1, 0.15) is 5.75 Å². The number of aliphatic imine (C=N–C) groups is 1. The van der Waals surface area contributed by atoms with E-state index in [9.17, 15) is 8.78 Å². The summed E-state index contributed by atoms with van der Waals surface area (Å²) in [6, 6.07) is 8.35. The quantitative estimate of drug-likeness (QED) is 0.336. The summed E-state index contributed by atoms with van der Waals surface area (Å²) in [4.78, 5) is 6.13. The Morgan fingerprint density at radius 2 is 1.93 bits per heavy atom. The van der Waals surface area contributed by atoms with Crippen LogP contribution in [0, 0.1) is 0 Å². The van der Waals surface area contributed by atoms with Gasteiger partial charge >= 0.3 is 0 Å². The molecule has 1 aromatic rings. The van der Waals surface area contributed by atoms with Gasteiger partial charge in [0.25, 0.3) is 6.43 Å². The number of likely N-dealkylation sites (tertiary alicyclic amines) is 1. The van der Waals surface area contributed by atoms with Gasteiger partial charge in [0.2, 0.25) is 0 Å². The number of para-hydroxylation sites is 1. The molecule has 0 spiro atoms. The summed E-state index contributed by atoms with van der Waals surface area (Å²) in [6.07, 6.45) is 3.29. The van der Waals surface area contributed by atoms with Crippen LogP contribution in [0.25, 0.3) is 0 Å². The van der Waals surface area contributed by atoms with Crippen LogP contribution in [-0.2, 0) is 6.54 Å². The molecule has 5 nitrogen and oxygen atoms in total. The van der Waals surface area contributed by atoms with Crippen molar-refractivity contribution in [3.05, 3.63) is 29.8 Å². The minimum absolute atomic E-state index is 0. The van der Waals surface area contributed by atoms with E-state index in [2.05, 4.69) is 21.7 Å².